The van der Waals surface area contributed by atoms with Crippen LogP contribution in [0.4, 0.5) is 5.69 Å². The first-order chi connectivity index (χ1) is 16.3. The molecule has 0 unspecified atom stereocenters. The molecule has 1 aromatic heterocycles. The number of carbonyl (C=O) groups excluding carboxylic acids is 2. The fourth-order valence-electron chi connectivity index (χ4n) is 4.59. The highest BCUT2D eigenvalue weighted by Gasteiger charge is 2.32. The number of anilines is 1. The molecule has 0 aliphatic heterocycles. The summed E-state index contributed by atoms with van der Waals surface area (Å²) < 4.78 is 1.83. The second-order valence-electron chi connectivity index (χ2n) is 9.11. The molecule has 8 heteroatoms. The molecule has 1 aliphatic rings. The Morgan fingerprint density at radius 2 is 1.82 bits per heavy atom. The van der Waals surface area contributed by atoms with Gasteiger partial charge in [0.15, 0.2) is 5.16 Å². The van der Waals surface area contributed by atoms with E-state index in [0.717, 1.165) is 19.3 Å². The number of fused-ring (bicyclic) bond motifs is 1. The summed E-state index contributed by atoms with van der Waals surface area (Å²) in [6.45, 7) is 6.25. The van der Waals surface area contributed by atoms with Crippen LogP contribution in [0, 0.1) is 11.8 Å². The van der Waals surface area contributed by atoms with Crippen molar-refractivity contribution in [1.29, 1.82) is 0 Å². The van der Waals surface area contributed by atoms with Crippen molar-refractivity contribution in [2.75, 3.05) is 5.32 Å². The van der Waals surface area contributed by atoms with Gasteiger partial charge < -0.3 is 11.1 Å². The minimum Gasteiger partial charge on any atom is -0.366 e. The van der Waals surface area contributed by atoms with E-state index in [2.05, 4.69) is 19.2 Å². The Bertz CT molecular complexity index is 1270. The highest BCUT2D eigenvalue weighted by molar-refractivity contribution is 8.00. The summed E-state index contributed by atoms with van der Waals surface area (Å²) in [5.74, 6) is 0.116. The first-order valence-electron chi connectivity index (χ1n) is 11.6. The fourth-order valence-corrected chi connectivity index (χ4v) is 5.56. The van der Waals surface area contributed by atoms with Gasteiger partial charge in [0.1, 0.15) is 0 Å². The number of nitrogens with two attached hydrogens (primary N) is 1. The standard InChI is InChI=1S/C26H30N4O3S/c1-15-7-6-10-22(16(15)2)30-25(33)20-8-4-5-9-21(20)29-26(30)34-17(3)24(32)28-19-13-11-18(12-14-19)23(27)31/h4-5,8-9,11-17,22H,6-7,10H2,1-3H3,(H2,27,31)(H,28,32)/t15-,16-,17-,22+/m0/s1. The van der Waals surface area contributed by atoms with Gasteiger partial charge in [-0.3, -0.25) is 19.0 Å². The van der Waals surface area contributed by atoms with Crippen LogP contribution in [0.3, 0.4) is 0 Å². The van der Waals surface area contributed by atoms with E-state index >= 15 is 0 Å². The number of nitrogens with zero attached hydrogens (tertiary/aromatic N) is 2. The van der Waals surface area contributed by atoms with Crippen LogP contribution in [0.5, 0.6) is 0 Å². The quantitative estimate of drug-likeness (QED) is 0.397. The van der Waals surface area contributed by atoms with Crippen LogP contribution in [0.25, 0.3) is 10.9 Å². The molecule has 34 heavy (non-hydrogen) atoms. The Hall–Kier alpha value is -3.13. The Morgan fingerprint density at radius 3 is 2.53 bits per heavy atom. The van der Waals surface area contributed by atoms with Crippen molar-refractivity contribution in [3.05, 3.63) is 64.4 Å². The van der Waals surface area contributed by atoms with Crippen LogP contribution in [0.15, 0.2) is 58.5 Å². The number of rotatable bonds is 6. The smallest absolute Gasteiger partial charge is 0.262 e. The van der Waals surface area contributed by atoms with E-state index in [-0.39, 0.29) is 17.5 Å². The summed E-state index contributed by atoms with van der Waals surface area (Å²) in [4.78, 5) is 42.6. The molecular formula is C26H30N4O3S. The maximum absolute atomic E-state index is 13.6. The number of amides is 2. The molecule has 1 heterocycles. The number of primary amides is 1. The molecule has 3 N–H and O–H groups in total. The summed E-state index contributed by atoms with van der Waals surface area (Å²) in [6.07, 6.45) is 3.14. The highest BCUT2D eigenvalue weighted by Crippen LogP contribution is 2.39. The van der Waals surface area contributed by atoms with Crippen molar-refractivity contribution < 1.29 is 9.59 Å². The lowest BCUT2D eigenvalue weighted by atomic mass is 9.78. The average Bonchev–Trinajstić information content (AvgIpc) is 2.82. The van der Waals surface area contributed by atoms with Crippen molar-refractivity contribution in [1.82, 2.24) is 9.55 Å². The van der Waals surface area contributed by atoms with Crippen LogP contribution >= 0.6 is 11.8 Å². The van der Waals surface area contributed by atoms with E-state index < -0.39 is 11.2 Å². The molecule has 2 amide bonds. The van der Waals surface area contributed by atoms with Gasteiger partial charge in [0, 0.05) is 17.3 Å². The molecule has 1 saturated carbocycles. The molecule has 1 aliphatic carbocycles. The molecule has 7 nitrogen and oxygen atoms in total. The van der Waals surface area contributed by atoms with Gasteiger partial charge in [-0.15, -0.1) is 0 Å². The zero-order chi connectivity index (χ0) is 24.4. The number of para-hydroxylation sites is 1. The summed E-state index contributed by atoms with van der Waals surface area (Å²) in [6, 6.07) is 13.9. The maximum atomic E-state index is 13.6. The van der Waals surface area contributed by atoms with Crippen molar-refractivity contribution in [2.24, 2.45) is 17.6 Å². The third-order valence-electron chi connectivity index (χ3n) is 6.86. The zero-order valence-corrected chi connectivity index (χ0v) is 20.5. The molecular weight excluding hydrogens is 448 g/mol. The molecule has 1 fully saturated rings. The summed E-state index contributed by atoms with van der Waals surface area (Å²) >= 11 is 1.30. The number of hydrogen-bond donors (Lipinski definition) is 2. The van der Waals surface area contributed by atoms with Crippen molar-refractivity contribution in [3.63, 3.8) is 0 Å². The van der Waals surface area contributed by atoms with Crippen molar-refractivity contribution in [2.45, 2.75) is 56.5 Å². The van der Waals surface area contributed by atoms with Gasteiger partial charge in [-0.2, -0.15) is 0 Å². The van der Waals surface area contributed by atoms with E-state index in [0.29, 0.717) is 39.1 Å². The zero-order valence-electron chi connectivity index (χ0n) is 19.7. The summed E-state index contributed by atoms with van der Waals surface area (Å²) in [5, 5.41) is 3.55. The third-order valence-corrected chi connectivity index (χ3v) is 7.93. The lowest BCUT2D eigenvalue weighted by molar-refractivity contribution is -0.115. The normalized spacial score (nSPS) is 21.2. The van der Waals surface area contributed by atoms with Crippen LogP contribution in [0.1, 0.15) is 56.4 Å². The SMILES string of the molecule is C[C@@H]1[C@H](n2c(S[C@@H](C)C(=O)Nc3ccc(C(N)=O)cc3)nc3ccccc3c2=O)CCC[C@@H]1C. The third kappa shape index (κ3) is 4.87. The first kappa shape index (κ1) is 24.0. The molecule has 2 aromatic carbocycles. The first-order valence-corrected chi connectivity index (χ1v) is 12.5. The molecule has 178 valence electrons. The minimum absolute atomic E-state index is 0.0475. The molecule has 3 aromatic rings. The van der Waals surface area contributed by atoms with Gasteiger partial charge in [0.25, 0.3) is 5.56 Å². The van der Waals surface area contributed by atoms with Gasteiger partial charge in [0.2, 0.25) is 11.8 Å². The number of carbonyl (C=O) groups is 2. The maximum Gasteiger partial charge on any atom is 0.262 e. The molecule has 4 atom stereocenters. The van der Waals surface area contributed by atoms with Gasteiger partial charge in [0.05, 0.1) is 16.2 Å². The van der Waals surface area contributed by atoms with Gasteiger partial charge in [-0.25, -0.2) is 4.98 Å². The molecule has 0 saturated heterocycles. The number of nitrogens with one attached hydrogen (secondary N) is 1. The van der Waals surface area contributed by atoms with Crippen LogP contribution in [-0.2, 0) is 4.79 Å². The van der Waals surface area contributed by atoms with E-state index in [1.165, 1.54) is 11.8 Å². The largest absolute Gasteiger partial charge is 0.366 e. The van der Waals surface area contributed by atoms with Gasteiger partial charge in [-0.05, 0) is 61.6 Å². The Labute approximate surface area is 203 Å². The highest BCUT2D eigenvalue weighted by atomic mass is 32.2. The minimum atomic E-state index is -0.520. The number of hydrogen-bond acceptors (Lipinski definition) is 5. The summed E-state index contributed by atoms with van der Waals surface area (Å²) in [7, 11) is 0. The number of benzene rings is 2. The lowest BCUT2D eigenvalue weighted by Crippen LogP contribution is -2.36. The number of aromatic nitrogens is 2. The molecule has 0 radical (unpaired) electrons. The summed E-state index contributed by atoms with van der Waals surface area (Å²) in [5.41, 5.74) is 6.82. The van der Waals surface area contributed by atoms with E-state index in [9.17, 15) is 14.4 Å². The fraction of sp³-hybridized carbons (Fsp3) is 0.385. The van der Waals surface area contributed by atoms with Crippen LogP contribution in [0.2, 0.25) is 0 Å². The topological polar surface area (TPSA) is 107 Å². The van der Waals surface area contributed by atoms with Crippen LogP contribution in [-0.4, -0.2) is 26.6 Å². The second kappa shape index (κ2) is 10.0. The van der Waals surface area contributed by atoms with Gasteiger partial charge >= 0.3 is 0 Å². The predicted octanol–water partition coefficient (Wildman–Crippen LogP) is 4.61. The van der Waals surface area contributed by atoms with Crippen molar-refractivity contribution in [3.8, 4) is 0 Å². The second-order valence-corrected chi connectivity index (χ2v) is 10.4. The lowest BCUT2D eigenvalue weighted by Gasteiger charge is -2.36. The Balaban J connectivity index is 1.64. The van der Waals surface area contributed by atoms with E-state index in [1.54, 1.807) is 31.2 Å². The van der Waals surface area contributed by atoms with E-state index in [4.69, 9.17) is 10.7 Å². The Morgan fingerprint density at radius 1 is 1.12 bits per heavy atom. The number of thioether (sulfide) groups is 1. The molecule has 4 rings (SSSR count). The molecule has 0 bridgehead atoms. The van der Waals surface area contributed by atoms with Crippen molar-refractivity contribution >= 4 is 40.2 Å². The van der Waals surface area contributed by atoms with Gasteiger partial charge in [-0.1, -0.05) is 50.6 Å². The average molecular weight is 479 g/mol. The van der Waals surface area contributed by atoms with E-state index in [1.807, 2.05) is 28.8 Å². The Kier molecular flexibility index (Phi) is 7.07. The monoisotopic (exact) mass is 478 g/mol. The van der Waals surface area contributed by atoms with Crippen LogP contribution < -0.4 is 16.6 Å². The predicted molar refractivity (Wildman–Crippen MR) is 136 cm³/mol. The molecule has 0 spiro atoms.